The Hall–Kier alpha value is -2.71. The SMILES string of the molecule is CCCCN1C(=O)C(=C2Sc3ccc(OC)cc3N2CC)SC1=Nc1cccc(C(C)=O)c1. The first-order valence-corrected chi connectivity index (χ1v) is 12.7. The Morgan fingerprint density at radius 3 is 2.61 bits per heavy atom. The number of methoxy groups -OCH3 is 1. The molecule has 2 aromatic carbocycles. The van der Waals surface area contributed by atoms with Crippen molar-refractivity contribution in [2.45, 2.75) is 38.5 Å². The first-order valence-electron chi connectivity index (χ1n) is 11.0. The van der Waals surface area contributed by atoms with Crippen molar-refractivity contribution in [2.75, 3.05) is 25.1 Å². The summed E-state index contributed by atoms with van der Waals surface area (Å²) in [6, 6.07) is 13.2. The Labute approximate surface area is 203 Å². The lowest BCUT2D eigenvalue weighted by Crippen LogP contribution is -2.30. The van der Waals surface area contributed by atoms with Crippen molar-refractivity contribution in [1.29, 1.82) is 0 Å². The molecule has 2 heterocycles. The minimum absolute atomic E-state index is 0.00742. The van der Waals surface area contributed by atoms with E-state index in [0.717, 1.165) is 40.7 Å². The van der Waals surface area contributed by atoms with Crippen molar-refractivity contribution in [2.24, 2.45) is 4.99 Å². The zero-order valence-corrected chi connectivity index (χ0v) is 20.9. The number of thioether (sulfide) groups is 2. The van der Waals surface area contributed by atoms with Crippen LogP contribution in [-0.4, -0.2) is 42.0 Å². The summed E-state index contributed by atoms with van der Waals surface area (Å²) in [5.41, 5.74) is 2.33. The van der Waals surface area contributed by atoms with Crippen LogP contribution >= 0.6 is 23.5 Å². The average molecular weight is 482 g/mol. The lowest BCUT2D eigenvalue weighted by atomic mass is 10.1. The van der Waals surface area contributed by atoms with Crippen molar-refractivity contribution in [3.63, 3.8) is 0 Å². The van der Waals surface area contributed by atoms with Gasteiger partial charge in [-0.25, -0.2) is 4.99 Å². The highest BCUT2D eigenvalue weighted by Gasteiger charge is 2.39. The number of carbonyl (C=O) groups excluding carboxylic acids is 2. The van der Waals surface area contributed by atoms with Crippen LogP contribution in [0.15, 0.2) is 62.3 Å². The van der Waals surface area contributed by atoms with E-state index in [0.29, 0.717) is 27.9 Å². The van der Waals surface area contributed by atoms with Crippen LogP contribution in [0.25, 0.3) is 0 Å². The molecule has 0 radical (unpaired) electrons. The fourth-order valence-electron chi connectivity index (χ4n) is 3.71. The molecule has 0 saturated carbocycles. The zero-order chi connectivity index (χ0) is 23.5. The van der Waals surface area contributed by atoms with Gasteiger partial charge in [0.05, 0.1) is 18.5 Å². The molecule has 1 amide bonds. The fourth-order valence-corrected chi connectivity index (χ4v) is 6.11. The van der Waals surface area contributed by atoms with Crippen LogP contribution < -0.4 is 9.64 Å². The molecule has 0 aromatic heterocycles. The van der Waals surface area contributed by atoms with Gasteiger partial charge in [0.15, 0.2) is 11.0 Å². The second-order valence-electron chi connectivity index (χ2n) is 7.73. The van der Waals surface area contributed by atoms with Crippen molar-refractivity contribution in [3.05, 3.63) is 58.0 Å². The third kappa shape index (κ3) is 4.68. The van der Waals surface area contributed by atoms with Crippen molar-refractivity contribution in [1.82, 2.24) is 4.90 Å². The number of amidine groups is 1. The highest BCUT2D eigenvalue weighted by molar-refractivity contribution is 8.19. The number of amides is 1. The van der Waals surface area contributed by atoms with Crippen molar-refractivity contribution in [3.8, 4) is 5.75 Å². The van der Waals surface area contributed by atoms with Crippen LogP contribution in [0.3, 0.4) is 0 Å². The molecule has 1 saturated heterocycles. The number of aliphatic imine (C=N–C) groups is 1. The summed E-state index contributed by atoms with van der Waals surface area (Å²) < 4.78 is 5.41. The predicted octanol–water partition coefficient (Wildman–Crippen LogP) is 6.06. The number of nitrogens with zero attached hydrogens (tertiary/aromatic N) is 3. The lowest BCUT2D eigenvalue weighted by Gasteiger charge is -2.19. The van der Waals surface area contributed by atoms with Crippen LogP contribution in [-0.2, 0) is 4.79 Å². The number of fused-ring (bicyclic) bond motifs is 1. The Balaban J connectivity index is 1.74. The minimum Gasteiger partial charge on any atom is -0.497 e. The van der Waals surface area contributed by atoms with E-state index >= 15 is 0 Å². The molecule has 2 aliphatic rings. The summed E-state index contributed by atoms with van der Waals surface area (Å²) in [5.74, 6) is 0.768. The van der Waals surface area contributed by atoms with Crippen molar-refractivity contribution >= 4 is 51.8 Å². The van der Waals surface area contributed by atoms with Crippen LogP contribution in [0, 0.1) is 0 Å². The van der Waals surface area contributed by atoms with Gasteiger partial charge in [0, 0.05) is 29.6 Å². The lowest BCUT2D eigenvalue weighted by molar-refractivity contribution is -0.122. The van der Waals surface area contributed by atoms with Gasteiger partial charge in [0.25, 0.3) is 5.91 Å². The summed E-state index contributed by atoms with van der Waals surface area (Å²) in [5, 5.41) is 1.58. The summed E-state index contributed by atoms with van der Waals surface area (Å²) in [4.78, 5) is 35.9. The molecule has 33 heavy (non-hydrogen) atoms. The van der Waals surface area contributed by atoms with E-state index in [4.69, 9.17) is 9.73 Å². The Kier molecular flexibility index (Phi) is 7.14. The fraction of sp³-hybridized carbons (Fsp3) is 0.320. The van der Waals surface area contributed by atoms with E-state index in [1.165, 1.54) is 11.8 Å². The third-order valence-electron chi connectivity index (χ3n) is 5.50. The van der Waals surface area contributed by atoms with Gasteiger partial charge in [-0.3, -0.25) is 14.5 Å². The Bertz CT molecular complexity index is 1160. The molecule has 2 aromatic rings. The number of Topliss-reactive ketones (excluding diaryl/α,β-unsaturated/α-hetero) is 1. The third-order valence-corrected chi connectivity index (χ3v) is 7.87. The van der Waals surface area contributed by atoms with Crippen LogP contribution in [0.1, 0.15) is 44.0 Å². The molecular formula is C25H27N3O3S2. The topological polar surface area (TPSA) is 62.2 Å². The summed E-state index contributed by atoms with van der Waals surface area (Å²) in [7, 11) is 1.66. The van der Waals surface area contributed by atoms with E-state index in [2.05, 4.69) is 18.7 Å². The molecule has 1 fully saturated rings. The molecule has 0 atom stereocenters. The molecule has 0 N–H and O–H groups in total. The molecule has 4 rings (SSSR count). The van der Waals surface area contributed by atoms with E-state index in [9.17, 15) is 9.59 Å². The van der Waals surface area contributed by atoms with Gasteiger partial charge in [0.2, 0.25) is 0 Å². The number of benzene rings is 2. The molecule has 6 nitrogen and oxygen atoms in total. The molecule has 2 aliphatic heterocycles. The molecule has 0 unspecified atom stereocenters. The Morgan fingerprint density at radius 2 is 1.91 bits per heavy atom. The van der Waals surface area contributed by atoms with Gasteiger partial charge in [-0.2, -0.15) is 0 Å². The Morgan fingerprint density at radius 1 is 1.09 bits per heavy atom. The van der Waals surface area contributed by atoms with Gasteiger partial charge in [0.1, 0.15) is 15.7 Å². The summed E-state index contributed by atoms with van der Waals surface area (Å²) >= 11 is 3.02. The smallest absolute Gasteiger partial charge is 0.269 e. The maximum atomic E-state index is 13.6. The van der Waals surface area contributed by atoms with Gasteiger partial charge < -0.3 is 9.64 Å². The van der Waals surface area contributed by atoms with Gasteiger partial charge in [-0.05, 0) is 56.3 Å². The zero-order valence-electron chi connectivity index (χ0n) is 19.3. The first-order chi connectivity index (χ1) is 16.0. The highest BCUT2D eigenvalue weighted by Crippen LogP contribution is 2.51. The average Bonchev–Trinajstić information content (AvgIpc) is 3.33. The number of ketones is 1. The van der Waals surface area contributed by atoms with Crippen LogP contribution in [0.2, 0.25) is 0 Å². The summed E-state index contributed by atoms with van der Waals surface area (Å²) in [6.45, 7) is 7.08. The highest BCUT2D eigenvalue weighted by atomic mass is 32.2. The normalized spacial score (nSPS) is 18.9. The molecule has 0 aliphatic carbocycles. The molecular weight excluding hydrogens is 454 g/mol. The largest absolute Gasteiger partial charge is 0.497 e. The number of carbonyl (C=O) groups is 2. The minimum atomic E-state index is -0.0179. The van der Waals surface area contributed by atoms with Crippen LogP contribution in [0.5, 0.6) is 5.75 Å². The molecule has 0 bridgehead atoms. The second-order valence-corrected chi connectivity index (χ2v) is 9.74. The number of ether oxygens (including phenoxy) is 1. The maximum absolute atomic E-state index is 13.6. The standard InChI is InChI=1S/C25H27N3O3S2/c1-5-7-13-28-23(30)22(33-25(28)26-18-10-8-9-17(14-18)16(3)29)24-27(6-2)20-15-19(31-4)11-12-21(20)32-24/h8-12,14-15H,5-7,13H2,1-4H3. The number of anilines is 1. The van der Waals surface area contributed by atoms with Gasteiger partial charge in [-0.1, -0.05) is 37.2 Å². The molecule has 172 valence electrons. The quantitative estimate of drug-likeness (QED) is 0.354. The number of hydrogen-bond acceptors (Lipinski definition) is 7. The molecule has 0 spiro atoms. The number of hydrogen-bond donors (Lipinski definition) is 0. The van der Waals surface area contributed by atoms with E-state index in [1.54, 1.807) is 42.8 Å². The van der Waals surface area contributed by atoms with E-state index in [-0.39, 0.29) is 11.7 Å². The van der Waals surface area contributed by atoms with Gasteiger partial charge in [-0.15, -0.1) is 0 Å². The number of unbranched alkanes of at least 4 members (excludes halogenated alkanes) is 1. The maximum Gasteiger partial charge on any atom is 0.269 e. The first kappa shape index (κ1) is 23.4. The monoisotopic (exact) mass is 481 g/mol. The van der Waals surface area contributed by atoms with Crippen molar-refractivity contribution < 1.29 is 14.3 Å². The van der Waals surface area contributed by atoms with Gasteiger partial charge >= 0.3 is 0 Å². The predicted molar refractivity (Wildman–Crippen MR) is 137 cm³/mol. The second kappa shape index (κ2) is 10.1. The number of rotatable bonds is 7. The van der Waals surface area contributed by atoms with E-state index < -0.39 is 0 Å². The summed E-state index contributed by atoms with van der Waals surface area (Å²) in [6.07, 6.45) is 1.87. The van der Waals surface area contributed by atoms with Crippen LogP contribution in [0.4, 0.5) is 11.4 Å². The van der Waals surface area contributed by atoms with E-state index in [1.807, 2.05) is 30.3 Å². The molecule has 8 heteroatoms.